The highest BCUT2D eigenvalue weighted by atomic mass is 16.6. The summed E-state index contributed by atoms with van der Waals surface area (Å²) >= 11 is 0. The van der Waals surface area contributed by atoms with E-state index < -0.39 is 29.3 Å². The Balaban J connectivity index is 2.56. The monoisotopic (exact) mass is 381 g/mol. The van der Waals surface area contributed by atoms with Crippen LogP contribution in [0.2, 0.25) is 0 Å². The van der Waals surface area contributed by atoms with Crippen molar-refractivity contribution in [1.82, 2.24) is 14.5 Å². The molecule has 1 unspecified atom stereocenters. The Labute approximate surface area is 158 Å². The molecular weight excluding hydrogens is 354 g/mol. The molecule has 1 aromatic heterocycles. The lowest BCUT2D eigenvalue weighted by Crippen LogP contribution is -2.39. The first kappa shape index (κ1) is 20.7. The number of aromatic nitrogens is 2. The number of carbonyl (C=O) groups excluding carboxylic acids is 2. The molecule has 1 aromatic rings. The molecule has 1 aliphatic rings. The summed E-state index contributed by atoms with van der Waals surface area (Å²) in [5, 5.41) is 0. The standard InChI is InChI=1S/C18H27N3O6/c1-18(2,3)27-17(24)20(4)11-9-7-8-10-21-14(11)19-12(16(23)26-6)13(25-5)15(21)22/h11H,7-10H2,1-6H3. The van der Waals surface area contributed by atoms with E-state index in [0.29, 0.717) is 18.8 Å². The molecule has 0 saturated carbocycles. The van der Waals surface area contributed by atoms with Crippen molar-refractivity contribution < 1.29 is 23.8 Å². The summed E-state index contributed by atoms with van der Waals surface area (Å²) in [5.74, 6) is -0.603. The SMILES string of the molecule is COC(=O)c1nc2n(c(=O)c1OC)CCCCC2N(C)C(=O)OC(C)(C)C. The molecule has 27 heavy (non-hydrogen) atoms. The lowest BCUT2D eigenvalue weighted by molar-refractivity contribution is 0.0202. The van der Waals surface area contributed by atoms with Gasteiger partial charge in [-0.1, -0.05) is 0 Å². The second-order valence-corrected chi connectivity index (χ2v) is 7.40. The van der Waals surface area contributed by atoms with Gasteiger partial charge in [0.05, 0.1) is 20.3 Å². The summed E-state index contributed by atoms with van der Waals surface area (Å²) in [5.41, 5.74) is -1.31. The summed E-state index contributed by atoms with van der Waals surface area (Å²) < 4.78 is 16.7. The van der Waals surface area contributed by atoms with E-state index in [1.54, 1.807) is 27.8 Å². The molecule has 1 amide bonds. The normalized spacial score (nSPS) is 16.7. The number of nitrogens with zero attached hydrogens (tertiary/aromatic N) is 3. The van der Waals surface area contributed by atoms with E-state index in [9.17, 15) is 14.4 Å². The maximum absolute atomic E-state index is 12.9. The van der Waals surface area contributed by atoms with Crippen molar-refractivity contribution in [2.45, 2.75) is 58.2 Å². The van der Waals surface area contributed by atoms with E-state index in [1.165, 1.54) is 23.7 Å². The van der Waals surface area contributed by atoms with Gasteiger partial charge >= 0.3 is 12.1 Å². The van der Waals surface area contributed by atoms with Gasteiger partial charge in [-0.2, -0.15) is 0 Å². The maximum atomic E-state index is 12.9. The van der Waals surface area contributed by atoms with Gasteiger partial charge in [-0.05, 0) is 40.0 Å². The third-order valence-corrected chi connectivity index (χ3v) is 4.30. The Bertz CT molecular complexity index is 781. The molecular formula is C18H27N3O6. The summed E-state index contributed by atoms with van der Waals surface area (Å²) in [7, 11) is 4.11. The summed E-state index contributed by atoms with van der Waals surface area (Å²) in [4.78, 5) is 43.3. The summed E-state index contributed by atoms with van der Waals surface area (Å²) in [6, 6.07) is -0.510. The van der Waals surface area contributed by atoms with Crippen LogP contribution in [0.25, 0.3) is 0 Å². The van der Waals surface area contributed by atoms with Crippen molar-refractivity contribution in [1.29, 1.82) is 0 Å². The zero-order chi connectivity index (χ0) is 20.4. The first-order chi connectivity index (χ1) is 12.6. The fraction of sp³-hybridized carbons (Fsp3) is 0.667. The summed E-state index contributed by atoms with van der Waals surface area (Å²) in [6.45, 7) is 5.77. The van der Waals surface area contributed by atoms with Gasteiger partial charge < -0.3 is 19.1 Å². The maximum Gasteiger partial charge on any atom is 0.410 e. The highest BCUT2D eigenvalue weighted by molar-refractivity contribution is 5.90. The quantitative estimate of drug-likeness (QED) is 0.739. The molecule has 0 fully saturated rings. The molecule has 0 aromatic carbocycles. The number of fused-ring (bicyclic) bond motifs is 1. The highest BCUT2D eigenvalue weighted by Gasteiger charge is 2.33. The molecule has 0 saturated heterocycles. The Morgan fingerprint density at radius 2 is 1.89 bits per heavy atom. The zero-order valence-electron chi connectivity index (χ0n) is 16.7. The second-order valence-electron chi connectivity index (χ2n) is 7.40. The molecule has 150 valence electrons. The Morgan fingerprint density at radius 1 is 1.22 bits per heavy atom. The van der Waals surface area contributed by atoms with Crippen LogP contribution in [0.4, 0.5) is 4.79 Å². The molecule has 9 heteroatoms. The molecule has 1 aliphatic heterocycles. The largest absolute Gasteiger partial charge is 0.489 e. The first-order valence-corrected chi connectivity index (χ1v) is 8.83. The lowest BCUT2D eigenvalue weighted by Gasteiger charge is -2.30. The smallest absolute Gasteiger partial charge is 0.410 e. The third-order valence-electron chi connectivity index (χ3n) is 4.30. The van der Waals surface area contributed by atoms with Crippen molar-refractivity contribution in [2.24, 2.45) is 0 Å². The third kappa shape index (κ3) is 4.40. The van der Waals surface area contributed by atoms with Crippen molar-refractivity contribution in [3.8, 4) is 5.75 Å². The van der Waals surface area contributed by atoms with Crippen molar-refractivity contribution in [3.63, 3.8) is 0 Å². The van der Waals surface area contributed by atoms with Crippen LogP contribution in [0.5, 0.6) is 5.75 Å². The molecule has 0 radical (unpaired) electrons. The van der Waals surface area contributed by atoms with Crippen LogP contribution in [-0.4, -0.2) is 53.4 Å². The lowest BCUT2D eigenvalue weighted by atomic mass is 10.1. The van der Waals surface area contributed by atoms with Crippen LogP contribution in [0.1, 0.15) is 62.4 Å². The number of esters is 1. The molecule has 9 nitrogen and oxygen atoms in total. The Kier molecular flexibility index (Phi) is 6.12. The van der Waals surface area contributed by atoms with E-state index in [1.807, 2.05) is 0 Å². The van der Waals surface area contributed by atoms with E-state index in [0.717, 1.165) is 12.8 Å². The predicted molar refractivity (Wildman–Crippen MR) is 97.0 cm³/mol. The number of rotatable bonds is 3. The Hall–Kier alpha value is -2.58. The van der Waals surface area contributed by atoms with Gasteiger partial charge in [0.15, 0.2) is 5.69 Å². The minimum absolute atomic E-state index is 0.161. The van der Waals surface area contributed by atoms with Crippen LogP contribution in [0.3, 0.4) is 0 Å². The van der Waals surface area contributed by atoms with Gasteiger partial charge in [0.25, 0.3) is 5.56 Å². The minimum atomic E-state index is -0.768. The van der Waals surface area contributed by atoms with E-state index in [2.05, 4.69) is 4.98 Å². The van der Waals surface area contributed by atoms with Gasteiger partial charge in [0.1, 0.15) is 11.4 Å². The van der Waals surface area contributed by atoms with Crippen molar-refractivity contribution in [3.05, 3.63) is 21.9 Å². The molecule has 0 bridgehead atoms. The number of carbonyl (C=O) groups is 2. The van der Waals surface area contributed by atoms with Crippen molar-refractivity contribution in [2.75, 3.05) is 21.3 Å². The van der Waals surface area contributed by atoms with Crippen LogP contribution >= 0.6 is 0 Å². The molecule has 2 heterocycles. The van der Waals surface area contributed by atoms with Crippen LogP contribution < -0.4 is 10.3 Å². The number of hydrogen-bond acceptors (Lipinski definition) is 7. The van der Waals surface area contributed by atoms with Gasteiger partial charge in [-0.3, -0.25) is 9.36 Å². The van der Waals surface area contributed by atoms with E-state index in [-0.39, 0.29) is 11.4 Å². The number of ether oxygens (including phenoxy) is 3. The topological polar surface area (TPSA) is 100.0 Å². The predicted octanol–water partition coefficient (Wildman–Crippen LogP) is 2.13. The molecule has 0 aliphatic carbocycles. The van der Waals surface area contributed by atoms with Gasteiger partial charge in [0.2, 0.25) is 5.75 Å². The van der Waals surface area contributed by atoms with Crippen LogP contribution in [-0.2, 0) is 16.0 Å². The number of amides is 1. The fourth-order valence-electron chi connectivity index (χ4n) is 3.01. The average Bonchev–Trinajstić information content (AvgIpc) is 2.81. The number of hydrogen-bond donors (Lipinski definition) is 0. The van der Waals surface area contributed by atoms with Gasteiger partial charge in [0, 0.05) is 13.6 Å². The second kappa shape index (κ2) is 7.98. The molecule has 1 atom stereocenters. The van der Waals surface area contributed by atoms with Crippen LogP contribution in [0.15, 0.2) is 4.79 Å². The highest BCUT2D eigenvalue weighted by Crippen LogP contribution is 2.29. The molecule has 2 rings (SSSR count). The first-order valence-electron chi connectivity index (χ1n) is 8.83. The number of methoxy groups -OCH3 is 2. The molecule has 0 N–H and O–H groups in total. The zero-order valence-corrected chi connectivity index (χ0v) is 16.7. The van der Waals surface area contributed by atoms with E-state index in [4.69, 9.17) is 14.2 Å². The summed E-state index contributed by atoms with van der Waals surface area (Å²) in [6.07, 6.45) is 1.60. The minimum Gasteiger partial charge on any atom is -0.489 e. The fourth-order valence-corrected chi connectivity index (χ4v) is 3.01. The average molecular weight is 381 g/mol. The van der Waals surface area contributed by atoms with Gasteiger partial charge in [-0.15, -0.1) is 0 Å². The molecule has 0 spiro atoms. The van der Waals surface area contributed by atoms with Crippen LogP contribution in [0, 0.1) is 0 Å². The van der Waals surface area contributed by atoms with Gasteiger partial charge in [-0.25, -0.2) is 14.6 Å². The van der Waals surface area contributed by atoms with Crippen molar-refractivity contribution >= 4 is 12.1 Å². The van der Waals surface area contributed by atoms with E-state index >= 15 is 0 Å². The Morgan fingerprint density at radius 3 is 2.44 bits per heavy atom.